The molecule has 0 amide bonds. The average Bonchev–Trinajstić information content (AvgIpc) is 1.83. The molecule has 48 valence electrons. The summed E-state index contributed by atoms with van der Waals surface area (Å²) in [7, 11) is 1.66. The molecule has 0 fully saturated rings. The number of nitrogens with two attached hydrogens (primary N) is 1. The second-order valence-corrected chi connectivity index (χ2v) is 1.68. The van der Waals surface area contributed by atoms with Crippen LogP contribution in [0.15, 0.2) is 12.7 Å². The van der Waals surface area contributed by atoms with Crippen molar-refractivity contribution in [2.24, 2.45) is 5.73 Å². The van der Waals surface area contributed by atoms with Crippen molar-refractivity contribution < 1.29 is 4.74 Å². The van der Waals surface area contributed by atoms with E-state index in [2.05, 4.69) is 6.58 Å². The molecule has 0 aliphatic heterocycles. The van der Waals surface area contributed by atoms with Crippen LogP contribution in [-0.4, -0.2) is 19.8 Å². The first-order valence-electron chi connectivity index (χ1n) is 2.68. The topological polar surface area (TPSA) is 35.2 Å². The molecule has 0 saturated carbocycles. The lowest BCUT2D eigenvalue weighted by Crippen LogP contribution is -2.17. The van der Waals surface area contributed by atoms with Gasteiger partial charge >= 0.3 is 0 Å². The molecule has 0 aromatic rings. The second kappa shape index (κ2) is 4.81. The van der Waals surface area contributed by atoms with Crippen molar-refractivity contribution >= 4 is 0 Å². The SMILES string of the molecule is C=CC(N)CCOC. The maximum absolute atomic E-state index is 5.46. The molecule has 0 heterocycles. The van der Waals surface area contributed by atoms with E-state index in [0.717, 1.165) is 6.42 Å². The molecular weight excluding hydrogens is 102 g/mol. The smallest absolute Gasteiger partial charge is 0.0480 e. The summed E-state index contributed by atoms with van der Waals surface area (Å²) in [6.45, 7) is 4.25. The Balaban J connectivity index is 2.98. The molecule has 0 rings (SSSR count). The van der Waals surface area contributed by atoms with Gasteiger partial charge in [-0.05, 0) is 6.42 Å². The van der Waals surface area contributed by atoms with Gasteiger partial charge in [0.15, 0.2) is 0 Å². The van der Waals surface area contributed by atoms with Gasteiger partial charge in [-0.25, -0.2) is 0 Å². The zero-order chi connectivity index (χ0) is 6.41. The molecular formula is C6H13NO. The number of ether oxygens (including phenoxy) is 1. The van der Waals surface area contributed by atoms with Crippen LogP contribution in [0, 0.1) is 0 Å². The molecule has 2 N–H and O–H groups in total. The molecule has 0 aliphatic carbocycles. The van der Waals surface area contributed by atoms with E-state index in [1.165, 1.54) is 0 Å². The maximum Gasteiger partial charge on any atom is 0.0480 e. The molecule has 2 nitrogen and oxygen atoms in total. The third-order valence-corrected chi connectivity index (χ3v) is 0.958. The maximum atomic E-state index is 5.46. The number of hydrogen-bond acceptors (Lipinski definition) is 2. The van der Waals surface area contributed by atoms with Crippen molar-refractivity contribution in [3.8, 4) is 0 Å². The Morgan fingerprint density at radius 3 is 2.88 bits per heavy atom. The Morgan fingerprint density at radius 2 is 2.50 bits per heavy atom. The molecule has 1 unspecified atom stereocenters. The van der Waals surface area contributed by atoms with Crippen molar-refractivity contribution in [2.75, 3.05) is 13.7 Å². The van der Waals surface area contributed by atoms with Gasteiger partial charge < -0.3 is 10.5 Å². The summed E-state index contributed by atoms with van der Waals surface area (Å²) in [5, 5.41) is 0. The first-order valence-corrected chi connectivity index (χ1v) is 2.68. The standard InChI is InChI=1S/C6H13NO/c1-3-6(7)4-5-8-2/h3,6H,1,4-5,7H2,2H3. The highest BCUT2D eigenvalue weighted by atomic mass is 16.5. The predicted molar refractivity (Wildman–Crippen MR) is 34.7 cm³/mol. The van der Waals surface area contributed by atoms with E-state index >= 15 is 0 Å². The summed E-state index contributed by atoms with van der Waals surface area (Å²) in [5.74, 6) is 0. The van der Waals surface area contributed by atoms with E-state index in [9.17, 15) is 0 Å². The van der Waals surface area contributed by atoms with Gasteiger partial charge in [0.2, 0.25) is 0 Å². The van der Waals surface area contributed by atoms with Crippen LogP contribution in [-0.2, 0) is 4.74 Å². The fraction of sp³-hybridized carbons (Fsp3) is 0.667. The largest absolute Gasteiger partial charge is 0.385 e. The number of hydrogen-bond donors (Lipinski definition) is 1. The van der Waals surface area contributed by atoms with Gasteiger partial charge in [-0.1, -0.05) is 6.08 Å². The summed E-state index contributed by atoms with van der Waals surface area (Å²) in [4.78, 5) is 0. The molecule has 0 spiro atoms. The summed E-state index contributed by atoms with van der Waals surface area (Å²) >= 11 is 0. The summed E-state index contributed by atoms with van der Waals surface area (Å²) in [6.07, 6.45) is 2.58. The molecule has 0 aromatic carbocycles. The highest BCUT2D eigenvalue weighted by Gasteiger charge is 1.92. The minimum atomic E-state index is 0.0925. The van der Waals surface area contributed by atoms with Crippen LogP contribution in [0.4, 0.5) is 0 Å². The van der Waals surface area contributed by atoms with E-state index in [-0.39, 0.29) is 6.04 Å². The molecule has 0 bridgehead atoms. The van der Waals surface area contributed by atoms with Crippen LogP contribution in [0.5, 0.6) is 0 Å². The van der Waals surface area contributed by atoms with Gasteiger partial charge in [-0.15, -0.1) is 6.58 Å². The molecule has 0 saturated heterocycles. The first kappa shape index (κ1) is 7.66. The quantitative estimate of drug-likeness (QED) is 0.542. The van der Waals surface area contributed by atoms with E-state index in [1.807, 2.05) is 0 Å². The third kappa shape index (κ3) is 3.84. The van der Waals surface area contributed by atoms with Gasteiger partial charge in [0, 0.05) is 19.8 Å². The Bertz CT molecular complexity index is 63.5. The van der Waals surface area contributed by atoms with Gasteiger partial charge in [-0.2, -0.15) is 0 Å². The van der Waals surface area contributed by atoms with Gasteiger partial charge in [0.1, 0.15) is 0 Å². The second-order valence-electron chi connectivity index (χ2n) is 1.68. The van der Waals surface area contributed by atoms with Gasteiger partial charge in [0.05, 0.1) is 0 Å². The van der Waals surface area contributed by atoms with Crippen molar-refractivity contribution in [1.29, 1.82) is 0 Å². The Morgan fingerprint density at radius 1 is 1.88 bits per heavy atom. The first-order chi connectivity index (χ1) is 3.81. The lowest BCUT2D eigenvalue weighted by atomic mass is 10.2. The van der Waals surface area contributed by atoms with Crippen LogP contribution in [0.2, 0.25) is 0 Å². The molecule has 0 aromatic heterocycles. The number of methoxy groups -OCH3 is 1. The van der Waals surface area contributed by atoms with Crippen LogP contribution in [0.3, 0.4) is 0 Å². The van der Waals surface area contributed by atoms with Crippen molar-refractivity contribution in [3.63, 3.8) is 0 Å². The monoisotopic (exact) mass is 115 g/mol. The zero-order valence-corrected chi connectivity index (χ0v) is 5.26. The van der Waals surface area contributed by atoms with E-state index < -0.39 is 0 Å². The van der Waals surface area contributed by atoms with Gasteiger partial charge in [0.25, 0.3) is 0 Å². The lowest BCUT2D eigenvalue weighted by Gasteiger charge is -2.02. The highest BCUT2D eigenvalue weighted by Crippen LogP contribution is 1.86. The fourth-order valence-electron chi connectivity index (χ4n) is 0.372. The van der Waals surface area contributed by atoms with Crippen LogP contribution >= 0.6 is 0 Å². The molecule has 0 radical (unpaired) electrons. The van der Waals surface area contributed by atoms with E-state index in [1.54, 1.807) is 13.2 Å². The van der Waals surface area contributed by atoms with Crippen LogP contribution < -0.4 is 5.73 Å². The molecule has 8 heavy (non-hydrogen) atoms. The van der Waals surface area contributed by atoms with Crippen molar-refractivity contribution in [3.05, 3.63) is 12.7 Å². The van der Waals surface area contributed by atoms with E-state index in [4.69, 9.17) is 10.5 Å². The number of rotatable bonds is 4. The molecule has 2 heteroatoms. The minimum absolute atomic E-state index is 0.0925. The van der Waals surface area contributed by atoms with Gasteiger partial charge in [-0.3, -0.25) is 0 Å². The Kier molecular flexibility index (Phi) is 4.61. The lowest BCUT2D eigenvalue weighted by molar-refractivity contribution is 0.192. The Hall–Kier alpha value is -0.340. The normalized spacial score (nSPS) is 13.2. The summed E-state index contributed by atoms with van der Waals surface area (Å²) < 4.78 is 4.79. The zero-order valence-electron chi connectivity index (χ0n) is 5.26. The summed E-state index contributed by atoms with van der Waals surface area (Å²) in [5.41, 5.74) is 5.46. The fourth-order valence-corrected chi connectivity index (χ4v) is 0.372. The highest BCUT2D eigenvalue weighted by molar-refractivity contribution is 4.81. The average molecular weight is 115 g/mol. The van der Waals surface area contributed by atoms with Crippen LogP contribution in [0.1, 0.15) is 6.42 Å². The van der Waals surface area contributed by atoms with Crippen molar-refractivity contribution in [2.45, 2.75) is 12.5 Å². The summed E-state index contributed by atoms with van der Waals surface area (Å²) in [6, 6.07) is 0.0925. The molecule has 1 atom stereocenters. The Labute approximate surface area is 50.3 Å². The predicted octanol–water partition coefficient (Wildman–Crippen LogP) is 0.536. The third-order valence-electron chi connectivity index (χ3n) is 0.958. The van der Waals surface area contributed by atoms with Crippen LogP contribution in [0.25, 0.3) is 0 Å². The minimum Gasteiger partial charge on any atom is -0.385 e. The molecule has 0 aliphatic rings. The van der Waals surface area contributed by atoms with E-state index in [0.29, 0.717) is 6.61 Å². The van der Waals surface area contributed by atoms with Crippen molar-refractivity contribution in [1.82, 2.24) is 0 Å².